The van der Waals surface area contributed by atoms with Gasteiger partial charge in [-0.3, -0.25) is 14.9 Å². The fourth-order valence-electron chi connectivity index (χ4n) is 5.29. The van der Waals surface area contributed by atoms with Crippen molar-refractivity contribution in [3.8, 4) is 0 Å². The van der Waals surface area contributed by atoms with E-state index in [0.717, 1.165) is 44.2 Å². The summed E-state index contributed by atoms with van der Waals surface area (Å²) in [4.78, 5) is 37.3. The van der Waals surface area contributed by atoms with Gasteiger partial charge in [-0.05, 0) is 44.6 Å². The highest BCUT2D eigenvalue weighted by Gasteiger charge is 2.24. The molecule has 0 aliphatic heterocycles. The molecule has 0 unspecified atom stereocenters. The summed E-state index contributed by atoms with van der Waals surface area (Å²) < 4.78 is 2.16. The van der Waals surface area contributed by atoms with Gasteiger partial charge >= 0.3 is 0 Å². The lowest BCUT2D eigenvalue weighted by Gasteiger charge is -2.27. The number of nitrogens with zero attached hydrogens (tertiary/aromatic N) is 5. The average Bonchev–Trinajstić information content (AvgIpc) is 3.58. The van der Waals surface area contributed by atoms with Crippen LogP contribution in [0, 0.1) is 10.1 Å². The largest absolute Gasteiger partial charge is 0.366 e. The van der Waals surface area contributed by atoms with Crippen molar-refractivity contribution in [2.24, 2.45) is 5.73 Å². The van der Waals surface area contributed by atoms with Crippen molar-refractivity contribution in [2.45, 2.75) is 69.5 Å². The number of hydrogen-bond donors (Lipinski definition) is 4. The smallest absolute Gasteiger partial charge is 0.288 e. The molecule has 0 spiro atoms. The second-order valence-corrected chi connectivity index (χ2v) is 10.4. The third kappa shape index (κ3) is 5.65. The number of aromatic nitrogens is 4. The van der Waals surface area contributed by atoms with Crippen LogP contribution in [0.3, 0.4) is 0 Å². The van der Waals surface area contributed by atoms with Crippen LogP contribution in [-0.2, 0) is 0 Å². The number of anilines is 2. The average molecular weight is 542 g/mol. The number of imidazole rings is 1. The van der Waals surface area contributed by atoms with Crippen LogP contribution in [0.5, 0.6) is 0 Å². The number of carbonyl (C=O) groups is 1. The van der Waals surface area contributed by atoms with Gasteiger partial charge < -0.3 is 26.3 Å². The molecule has 3 aromatic rings. The maximum absolute atomic E-state index is 12.6. The molecular formula is C25H32ClN9O3. The predicted molar refractivity (Wildman–Crippen MR) is 146 cm³/mol. The zero-order valence-corrected chi connectivity index (χ0v) is 21.8. The second-order valence-electron chi connectivity index (χ2n) is 9.99. The van der Waals surface area contributed by atoms with Crippen LogP contribution in [0.25, 0.3) is 11.2 Å². The summed E-state index contributed by atoms with van der Waals surface area (Å²) in [6, 6.07) is 5.05. The number of carbonyl (C=O) groups excluding carboxylic acids is 1. The first-order chi connectivity index (χ1) is 18.4. The van der Waals surface area contributed by atoms with Gasteiger partial charge in [0, 0.05) is 37.3 Å². The zero-order chi connectivity index (χ0) is 26.6. The molecule has 0 atom stereocenters. The van der Waals surface area contributed by atoms with Crippen molar-refractivity contribution in [3.05, 3.63) is 45.2 Å². The maximum atomic E-state index is 12.6. The van der Waals surface area contributed by atoms with Crippen LogP contribution >= 0.6 is 11.6 Å². The Morgan fingerprint density at radius 3 is 2.63 bits per heavy atom. The summed E-state index contributed by atoms with van der Waals surface area (Å²) in [7, 11) is 0. The normalized spacial score (nSPS) is 19.9. The first-order valence-corrected chi connectivity index (χ1v) is 13.5. The molecule has 2 saturated carbocycles. The minimum Gasteiger partial charge on any atom is -0.366 e. The van der Waals surface area contributed by atoms with E-state index < -0.39 is 10.8 Å². The van der Waals surface area contributed by atoms with Gasteiger partial charge in [-0.25, -0.2) is 4.98 Å². The topological polar surface area (TPSA) is 166 Å². The molecular weight excluding hydrogens is 510 g/mol. The van der Waals surface area contributed by atoms with Crippen LogP contribution in [0.4, 0.5) is 17.5 Å². The Morgan fingerprint density at radius 1 is 1.13 bits per heavy atom. The summed E-state index contributed by atoms with van der Waals surface area (Å²) in [6.07, 6.45) is 10.3. The van der Waals surface area contributed by atoms with E-state index in [4.69, 9.17) is 27.3 Å². The van der Waals surface area contributed by atoms with Crippen LogP contribution in [0.1, 0.15) is 67.8 Å². The fraction of sp³-hybridized carbons (Fsp3) is 0.520. The minimum atomic E-state index is -0.612. The quantitative estimate of drug-likeness (QED) is 0.178. The molecule has 12 nitrogen and oxygen atoms in total. The molecule has 1 amide bonds. The van der Waals surface area contributed by atoms with Crippen molar-refractivity contribution in [1.82, 2.24) is 24.8 Å². The Balaban J connectivity index is 1.30. The number of nitro groups is 1. The third-order valence-corrected chi connectivity index (χ3v) is 7.76. The lowest BCUT2D eigenvalue weighted by Crippen LogP contribution is -2.33. The van der Waals surface area contributed by atoms with E-state index in [1.165, 1.54) is 31.0 Å². The van der Waals surface area contributed by atoms with Crippen molar-refractivity contribution >= 4 is 46.1 Å². The van der Waals surface area contributed by atoms with Crippen LogP contribution in [-0.4, -0.2) is 55.5 Å². The van der Waals surface area contributed by atoms with Gasteiger partial charge in [0.2, 0.25) is 5.95 Å². The SMILES string of the molecule is NC1CCC(Nc2nc(NCCNC(=O)c3cccc([N+](=O)[O-])c3Cl)c3ncn(C4CCCC4)c3n2)CC1. The number of nitrogens with one attached hydrogen (secondary N) is 3. The first-order valence-electron chi connectivity index (χ1n) is 13.1. The Kier molecular flexibility index (Phi) is 7.89. The molecule has 2 heterocycles. The molecule has 0 bridgehead atoms. The molecule has 5 rings (SSSR count). The highest BCUT2D eigenvalue weighted by Crippen LogP contribution is 2.33. The molecule has 202 valence electrons. The van der Waals surface area contributed by atoms with Gasteiger partial charge in [0.25, 0.3) is 11.6 Å². The zero-order valence-electron chi connectivity index (χ0n) is 21.0. The lowest BCUT2D eigenvalue weighted by atomic mass is 9.92. The minimum absolute atomic E-state index is 0.0549. The van der Waals surface area contributed by atoms with Gasteiger partial charge in [-0.2, -0.15) is 9.97 Å². The predicted octanol–water partition coefficient (Wildman–Crippen LogP) is 4.03. The Bertz CT molecular complexity index is 1320. The summed E-state index contributed by atoms with van der Waals surface area (Å²) in [6.45, 7) is 0.606. The van der Waals surface area contributed by atoms with Gasteiger partial charge in [0.15, 0.2) is 17.0 Å². The Morgan fingerprint density at radius 2 is 1.89 bits per heavy atom. The van der Waals surface area contributed by atoms with Gasteiger partial charge in [0.1, 0.15) is 5.02 Å². The van der Waals surface area contributed by atoms with Crippen LogP contribution in [0.15, 0.2) is 24.5 Å². The van der Waals surface area contributed by atoms with Crippen molar-refractivity contribution in [2.75, 3.05) is 23.7 Å². The Labute approximate surface area is 224 Å². The lowest BCUT2D eigenvalue weighted by molar-refractivity contribution is -0.384. The monoisotopic (exact) mass is 541 g/mol. The summed E-state index contributed by atoms with van der Waals surface area (Å²) in [5.74, 6) is 0.647. The summed E-state index contributed by atoms with van der Waals surface area (Å²) in [5.41, 5.74) is 7.29. The molecule has 2 aliphatic carbocycles. The first kappa shape index (κ1) is 26.1. The maximum Gasteiger partial charge on any atom is 0.288 e. The van der Waals surface area contributed by atoms with E-state index in [0.29, 0.717) is 29.9 Å². The highest BCUT2D eigenvalue weighted by molar-refractivity contribution is 6.35. The molecule has 1 aromatic carbocycles. The fourth-order valence-corrected chi connectivity index (χ4v) is 5.57. The molecule has 38 heavy (non-hydrogen) atoms. The summed E-state index contributed by atoms with van der Waals surface area (Å²) >= 11 is 6.07. The van der Waals surface area contributed by atoms with E-state index >= 15 is 0 Å². The van der Waals surface area contributed by atoms with Crippen LogP contribution in [0.2, 0.25) is 5.02 Å². The van der Waals surface area contributed by atoms with Gasteiger partial charge in [0.05, 0.1) is 16.8 Å². The standard InChI is InChI=1S/C25H32ClN9O3/c26-20-18(6-3-7-19(20)35(37)38)24(36)29-13-12-28-22-21-23(34(14-30-21)17-4-1-2-5-17)33-25(32-22)31-16-10-8-15(27)9-11-16/h3,6-7,14-17H,1-2,4-5,8-13,27H2,(H,29,36)(H2,28,31,32,33). The molecule has 13 heteroatoms. The number of rotatable bonds is 9. The molecule has 2 fully saturated rings. The number of nitro benzene ring substituents is 1. The van der Waals surface area contributed by atoms with Gasteiger partial charge in [-0.1, -0.05) is 30.5 Å². The molecule has 5 N–H and O–H groups in total. The van der Waals surface area contributed by atoms with E-state index in [1.54, 1.807) is 0 Å². The summed E-state index contributed by atoms with van der Waals surface area (Å²) in [5, 5.41) is 20.5. The number of hydrogen-bond acceptors (Lipinski definition) is 9. The van der Waals surface area contributed by atoms with Crippen LogP contribution < -0.4 is 21.7 Å². The van der Waals surface area contributed by atoms with Crippen molar-refractivity contribution < 1.29 is 9.72 Å². The van der Waals surface area contributed by atoms with E-state index in [1.807, 2.05) is 6.33 Å². The number of amides is 1. The second kappa shape index (κ2) is 11.5. The number of benzene rings is 1. The van der Waals surface area contributed by atoms with Crippen molar-refractivity contribution in [3.63, 3.8) is 0 Å². The molecule has 0 saturated heterocycles. The number of nitrogens with two attached hydrogens (primary N) is 1. The van der Waals surface area contributed by atoms with E-state index in [-0.39, 0.29) is 34.9 Å². The third-order valence-electron chi connectivity index (χ3n) is 7.37. The number of halogens is 1. The number of fused-ring (bicyclic) bond motifs is 1. The van der Waals surface area contributed by atoms with Crippen molar-refractivity contribution in [1.29, 1.82) is 0 Å². The van der Waals surface area contributed by atoms with E-state index in [9.17, 15) is 14.9 Å². The van der Waals surface area contributed by atoms with E-state index in [2.05, 4.69) is 25.5 Å². The molecule has 2 aromatic heterocycles. The molecule has 0 radical (unpaired) electrons. The Hall–Kier alpha value is -3.51. The van der Waals surface area contributed by atoms with Gasteiger partial charge in [-0.15, -0.1) is 0 Å². The highest BCUT2D eigenvalue weighted by atomic mass is 35.5. The molecule has 2 aliphatic rings.